The second-order valence-corrected chi connectivity index (χ2v) is 6.67. The van der Waals surface area contributed by atoms with E-state index in [1.165, 1.54) is 11.3 Å². The van der Waals surface area contributed by atoms with Crippen LogP contribution in [0.2, 0.25) is 0 Å². The van der Waals surface area contributed by atoms with Crippen LogP contribution >= 0.6 is 11.3 Å². The van der Waals surface area contributed by atoms with E-state index in [2.05, 4.69) is 0 Å². The SMILES string of the molecule is CCOC(=O)c1c(N)sc(C)c1-c1ccc2c(c1)N(C)C(=O)CO2. The molecule has 126 valence electrons. The molecule has 24 heavy (non-hydrogen) atoms. The topological polar surface area (TPSA) is 81.9 Å². The van der Waals surface area contributed by atoms with Crippen molar-refractivity contribution in [2.75, 3.05) is 30.9 Å². The number of amides is 1. The second kappa shape index (κ2) is 6.16. The number of carbonyl (C=O) groups excluding carboxylic acids is 2. The average molecular weight is 346 g/mol. The quantitative estimate of drug-likeness (QED) is 0.864. The Morgan fingerprint density at radius 2 is 2.21 bits per heavy atom. The summed E-state index contributed by atoms with van der Waals surface area (Å²) in [5, 5.41) is 0.430. The zero-order chi connectivity index (χ0) is 17.4. The van der Waals surface area contributed by atoms with Crippen molar-refractivity contribution < 1.29 is 19.1 Å². The standard InChI is InChI=1S/C17H18N2O4S/c1-4-22-17(21)15-14(9(2)24-16(15)18)10-5-6-12-11(7-10)19(3)13(20)8-23-12/h5-7H,4,8,18H2,1-3H3. The molecular weight excluding hydrogens is 328 g/mol. The summed E-state index contributed by atoms with van der Waals surface area (Å²) < 4.78 is 10.6. The number of thiophene rings is 1. The molecule has 0 aliphatic carbocycles. The molecule has 2 heterocycles. The molecular formula is C17H18N2O4S. The van der Waals surface area contributed by atoms with Gasteiger partial charge in [-0.1, -0.05) is 6.07 Å². The lowest BCUT2D eigenvalue weighted by Gasteiger charge is -2.26. The van der Waals surface area contributed by atoms with Gasteiger partial charge in [0, 0.05) is 17.5 Å². The molecule has 3 rings (SSSR count). The number of carbonyl (C=O) groups is 2. The molecule has 1 aromatic carbocycles. The van der Waals surface area contributed by atoms with E-state index in [0.717, 1.165) is 16.0 Å². The number of anilines is 2. The lowest BCUT2D eigenvalue weighted by atomic mass is 10.00. The summed E-state index contributed by atoms with van der Waals surface area (Å²) in [4.78, 5) is 26.6. The molecule has 0 fully saturated rings. The molecule has 1 aliphatic rings. The van der Waals surface area contributed by atoms with Crippen LogP contribution in [0.15, 0.2) is 18.2 Å². The molecule has 0 unspecified atom stereocenters. The Balaban J connectivity index is 2.14. The van der Waals surface area contributed by atoms with Gasteiger partial charge in [-0.25, -0.2) is 4.79 Å². The van der Waals surface area contributed by atoms with Crippen LogP contribution < -0.4 is 15.4 Å². The molecule has 1 amide bonds. The van der Waals surface area contributed by atoms with E-state index in [1.807, 2.05) is 19.1 Å². The van der Waals surface area contributed by atoms with Gasteiger partial charge in [-0.15, -0.1) is 11.3 Å². The number of esters is 1. The van der Waals surface area contributed by atoms with E-state index in [1.54, 1.807) is 24.9 Å². The summed E-state index contributed by atoms with van der Waals surface area (Å²) in [7, 11) is 1.70. The number of aryl methyl sites for hydroxylation is 1. The third kappa shape index (κ3) is 2.60. The summed E-state index contributed by atoms with van der Waals surface area (Å²) in [5.41, 5.74) is 8.61. The van der Waals surface area contributed by atoms with E-state index in [9.17, 15) is 9.59 Å². The number of nitrogens with zero attached hydrogens (tertiary/aromatic N) is 1. The molecule has 0 saturated carbocycles. The van der Waals surface area contributed by atoms with Gasteiger partial charge < -0.3 is 20.1 Å². The Morgan fingerprint density at radius 1 is 1.46 bits per heavy atom. The number of hydrogen-bond donors (Lipinski definition) is 1. The number of nitrogen functional groups attached to an aromatic ring is 1. The van der Waals surface area contributed by atoms with Crippen LogP contribution in [0.4, 0.5) is 10.7 Å². The molecule has 2 N–H and O–H groups in total. The number of benzene rings is 1. The van der Waals surface area contributed by atoms with Crippen LogP contribution in [0.3, 0.4) is 0 Å². The monoisotopic (exact) mass is 346 g/mol. The highest BCUT2D eigenvalue weighted by Gasteiger charge is 2.26. The zero-order valence-corrected chi connectivity index (χ0v) is 14.5. The first-order valence-corrected chi connectivity index (χ1v) is 8.35. The number of nitrogens with two attached hydrogens (primary N) is 1. The van der Waals surface area contributed by atoms with Crippen molar-refractivity contribution in [3.63, 3.8) is 0 Å². The van der Waals surface area contributed by atoms with Gasteiger partial charge in [0.25, 0.3) is 5.91 Å². The number of likely N-dealkylation sites (N-methyl/N-ethyl adjacent to an activating group) is 1. The van der Waals surface area contributed by atoms with Crippen molar-refractivity contribution in [1.82, 2.24) is 0 Å². The van der Waals surface area contributed by atoms with Gasteiger partial charge in [-0.2, -0.15) is 0 Å². The fourth-order valence-electron chi connectivity index (χ4n) is 2.75. The van der Waals surface area contributed by atoms with E-state index in [0.29, 0.717) is 22.0 Å². The molecule has 0 bridgehead atoms. The van der Waals surface area contributed by atoms with Crippen molar-refractivity contribution in [1.29, 1.82) is 0 Å². The molecule has 7 heteroatoms. The highest BCUT2D eigenvalue weighted by atomic mass is 32.1. The lowest BCUT2D eigenvalue weighted by Crippen LogP contribution is -2.35. The van der Waals surface area contributed by atoms with Crippen molar-refractivity contribution in [3.05, 3.63) is 28.6 Å². The second-order valence-electron chi connectivity index (χ2n) is 5.42. The van der Waals surface area contributed by atoms with Gasteiger partial charge in [0.2, 0.25) is 0 Å². The van der Waals surface area contributed by atoms with Crippen LogP contribution in [-0.2, 0) is 9.53 Å². The highest BCUT2D eigenvalue weighted by Crippen LogP contribution is 2.42. The Morgan fingerprint density at radius 3 is 2.92 bits per heavy atom. The minimum absolute atomic E-state index is 0.0291. The van der Waals surface area contributed by atoms with Crippen molar-refractivity contribution >= 4 is 33.9 Å². The van der Waals surface area contributed by atoms with Crippen LogP contribution in [0.25, 0.3) is 11.1 Å². The summed E-state index contributed by atoms with van der Waals surface area (Å²) in [6, 6.07) is 5.50. The number of hydrogen-bond acceptors (Lipinski definition) is 6. The van der Waals surface area contributed by atoms with Crippen LogP contribution in [0, 0.1) is 6.92 Å². The van der Waals surface area contributed by atoms with Gasteiger partial charge >= 0.3 is 5.97 Å². The maximum atomic E-state index is 12.3. The van der Waals surface area contributed by atoms with Crippen molar-refractivity contribution in [2.24, 2.45) is 0 Å². The van der Waals surface area contributed by atoms with E-state index in [-0.39, 0.29) is 19.1 Å². The highest BCUT2D eigenvalue weighted by molar-refractivity contribution is 7.16. The van der Waals surface area contributed by atoms with E-state index >= 15 is 0 Å². The Kier molecular flexibility index (Phi) is 4.19. The molecule has 0 spiro atoms. The van der Waals surface area contributed by atoms with E-state index < -0.39 is 5.97 Å². The Bertz CT molecular complexity index is 828. The summed E-state index contributed by atoms with van der Waals surface area (Å²) >= 11 is 1.35. The largest absolute Gasteiger partial charge is 0.482 e. The molecule has 1 aromatic heterocycles. The first-order valence-electron chi connectivity index (χ1n) is 7.53. The normalized spacial score (nSPS) is 13.5. The number of ether oxygens (including phenoxy) is 2. The van der Waals surface area contributed by atoms with Gasteiger partial charge in [-0.05, 0) is 31.5 Å². The van der Waals surface area contributed by atoms with Crippen LogP contribution in [-0.4, -0.2) is 32.1 Å². The molecule has 2 aromatic rings. The maximum Gasteiger partial charge on any atom is 0.341 e. The van der Waals surface area contributed by atoms with Gasteiger partial charge in [0.05, 0.1) is 12.3 Å². The molecule has 0 saturated heterocycles. The maximum absolute atomic E-state index is 12.3. The third-order valence-corrected chi connectivity index (χ3v) is 4.86. The van der Waals surface area contributed by atoms with Crippen LogP contribution in [0.1, 0.15) is 22.2 Å². The summed E-state index contributed by atoms with van der Waals surface area (Å²) in [5.74, 6) is 0.0824. The predicted octanol–water partition coefficient (Wildman–Crippen LogP) is 2.84. The third-order valence-electron chi connectivity index (χ3n) is 3.93. The summed E-state index contributed by atoms with van der Waals surface area (Å²) in [6.07, 6.45) is 0. The van der Waals surface area contributed by atoms with Crippen molar-refractivity contribution in [2.45, 2.75) is 13.8 Å². The minimum Gasteiger partial charge on any atom is -0.482 e. The number of rotatable bonds is 3. The first-order chi connectivity index (χ1) is 11.4. The van der Waals surface area contributed by atoms with Gasteiger partial charge in [0.1, 0.15) is 16.3 Å². The Labute approximate surface area is 143 Å². The first kappa shape index (κ1) is 16.3. The average Bonchev–Trinajstić information content (AvgIpc) is 2.85. The molecule has 6 nitrogen and oxygen atoms in total. The summed E-state index contributed by atoms with van der Waals surface area (Å²) in [6.45, 7) is 3.97. The predicted molar refractivity (Wildman–Crippen MR) is 93.8 cm³/mol. The molecule has 0 atom stereocenters. The minimum atomic E-state index is -0.437. The van der Waals surface area contributed by atoms with Crippen LogP contribution in [0.5, 0.6) is 5.75 Å². The van der Waals surface area contributed by atoms with Gasteiger partial charge in [-0.3, -0.25) is 4.79 Å². The number of fused-ring (bicyclic) bond motifs is 1. The zero-order valence-electron chi connectivity index (χ0n) is 13.7. The van der Waals surface area contributed by atoms with E-state index in [4.69, 9.17) is 15.2 Å². The lowest BCUT2D eigenvalue weighted by molar-refractivity contribution is -0.120. The smallest absolute Gasteiger partial charge is 0.341 e. The fourth-order valence-corrected chi connectivity index (χ4v) is 3.69. The fraction of sp³-hybridized carbons (Fsp3) is 0.294. The molecule has 0 radical (unpaired) electrons. The Hall–Kier alpha value is -2.54. The van der Waals surface area contributed by atoms with Crippen molar-refractivity contribution in [3.8, 4) is 16.9 Å². The van der Waals surface area contributed by atoms with Gasteiger partial charge in [0.15, 0.2) is 6.61 Å². The molecule has 1 aliphatic heterocycles.